The molecule has 3 aliphatic rings. The molecule has 2 aromatic rings. The van der Waals surface area contributed by atoms with Crippen LogP contribution in [0.5, 0.6) is 0 Å². The van der Waals surface area contributed by atoms with Crippen LogP contribution >= 0.6 is 11.8 Å². The molecule has 3 nitrogen and oxygen atoms in total. The second-order valence-corrected chi connectivity index (χ2v) is 10.2. The van der Waals surface area contributed by atoms with Crippen LogP contribution in [0.15, 0.2) is 41.7 Å². The minimum Gasteiger partial charge on any atom is -0.330 e. The van der Waals surface area contributed by atoms with Gasteiger partial charge in [-0.05, 0) is 86.3 Å². The Kier molecular flexibility index (Phi) is 5.18. The fourth-order valence-electron chi connectivity index (χ4n) is 5.61. The lowest BCUT2D eigenvalue weighted by Crippen LogP contribution is -2.32. The van der Waals surface area contributed by atoms with Crippen LogP contribution < -0.4 is 5.73 Å². The van der Waals surface area contributed by atoms with Gasteiger partial charge in [0.25, 0.3) is 0 Å². The first-order valence-corrected chi connectivity index (χ1v) is 12.0. The maximum atomic E-state index is 6.01. The van der Waals surface area contributed by atoms with E-state index in [1.165, 1.54) is 56.4 Å². The van der Waals surface area contributed by atoms with Crippen molar-refractivity contribution in [2.45, 2.75) is 68.2 Å². The number of nitrogens with two attached hydrogens (primary N) is 1. The Labute approximate surface area is 172 Å². The Hall–Kier alpha value is -1.39. The SMILES string of the molecule is NCCC1c2ccccc2CC12CCC(c1cnc(SCC3CC3)cn1)CC2. The summed E-state index contributed by atoms with van der Waals surface area (Å²) in [6.07, 6.45) is 14.3. The van der Waals surface area contributed by atoms with Crippen molar-refractivity contribution in [3.63, 3.8) is 0 Å². The van der Waals surface area contributed by atoms with Gasteiger partial charge >= 0.3 is 0 Å². The van der Waals surface area contributed by atoms with E-state index in [4.69, 9.17) is 15.7 Å². The van der Waals surface area contributed by atoms with E-state index in [2.05, 4.69) is 30.5 Å². The van der Waals surface area contributed by atoms with E-state index in [1.54, 1.807) is 11.1 Å². The lowest BCUT2D eigenvalue weighted by molar-refractivity contribution is 0.141. The minimum atomic E-state index is 0.424. The smallest absolute Gasteiger partial charge is 0.114 e. The number of benzene rings is 1. The van der Waals surface area contributed by atoms with Crippen molar-refractivity contribution in [3.8, 4) is 0 Å². The summed E-state index contributed by atoms with van der Waals surface area (Å²) in [6.45, 7) is 0.787. The van der Waals surface area contributed by atoms with Crippen molar-refractivity contribution in [1.82, 2.24) is 9.97 Å². The molecule has 2 fully saturated rings. The van der Waals surface area contributed by atoms with Crippen molar-refractivity contribution < 1.29 is 0 Å². The van der Waals surface area contributed by atoms with E-state index in [0.29, 0.717) is 17.3 Å². The molecule has 0 amide bonds. The Morgan fingerprint density at radius 2 is 1.86 bits per heavy atom. The van der Waals surface area contributed by atoms with Gasteiger partial charge < -0.3 is 5.73 Å². The van der Waals surface area contributed by atoms with Gasteiger partial charge in [-0.25, -0.2) is 4.98 Å². The molecule has 1 aromatic carbocycles. The zero-order valence-corrected chi connectivity index (χ0v) is 17.5. The van der Waals surface area contributed by atoms with E-state index in [0.717, 1.165) is 23.9 Å². The standard InChI is InChI=1S/C24H31N3S/c25-12-9-21-20-4-2-1-3-19(20)13-24(21)10-7-18(8-11-24)22-14-27-23(15-26-22)28-16-17-5-6-17/h1-4,14-15,17-18,21H,5-13,16,25H2. The number of fused-ring (bicyclic) bond motifs is 1. The summed E-state index contributed by atoms with van der Waals surface area (Å²) in [5.41, 5.74) is 10.8. The molecule has 0 aliphatic heterocycles. The van der Waals surface area contributed by atoms with Crippen molar-refractivity contribution >= 4 is 11.8 Å². The first-order chi connectivity index (χ1) is 13.8. The van der Waals surface area contributed by atoms with Crippen molar-refractivity contribution in [2.75, 3.05) is 12.3 Å². The fraction of sp³-hybridized carbons (Fsp3) is 0.583. The Balaban J connectivity index is 1.25. The van der Waals surface area contributed by atoms with E-state index in [1.807, 2.05) is 18.0 Å². The molecule has 1 unspecified atom stereocenters. The normalized spacial score (nSPS) is 29.2. The second kappa shape index (κ2) is 7.79. The average molecular weight is 394 g/mol. The molecule has 5 rings (SSSR count). The number of aromatic nitrogens is 2. The van der Waals surface area contributed by atoms with Crippen LogP contribution in [0.2, 0.25) is 0 Å². The first-order valence-electron chi connectivity index (χ1n) is 11.0. The first kappa shape index (κ1) is 18.6. The van der Waals surface area contributed by atoms with Crippen molar-refractivity contribution in [2.24, 2.45) is 17.1 Å². The summed E-state index contributed by atoms with van der Waals surface area (Å²) >= 11 is 1.87. The summed E-state index contributed by atoms with van der Waals surface area (Å²) < 4.78 is 0. The largest absolute Gasteiger partial charge is 0.330 e. The highest BCUT2D eigenvalue weighted by Crippen LogP contribution is 2.58. The van der Waals surface area contributed by atoms with Crippen molar-refractivity contribution in [1.29, 1.82) is 0 Å². The van der Waals surface area contributed by atoms with Gasteiger partial charge in [0.1, 0.15) is 5.03 Å². The molecule has 4 heteroatoms. The number of rotatable bonds is 6. The highest BCUT2D eigenvalue weighted by atomic mass is 32.2. The maximum absolute atomic E-state index is 6.01. The summed E-state index contributed by atoms with van der Waals surface area (Å²) in [5.74, 6) is 3.35. The molecule has 1 heterocycles. The van der Waals surface area contributed by atoms with E-state index in [-0.39, 0.29) is 0 Å². The van der Waals surface area contributed by atoms with E-state index in [9.17, 15) is 0 Å². The molecule has 0 bridgehead atoms. The molecule has 1 atom stereocenters. The third kappa shape index (κ3) is 3.61. The average Bonchev–Trinajstić information content (AvgIpc) is 3.52. The highest BCUT2D eigenvalue weighted by molar-refractivity contribution is 7.99. The zero-order valence-electron chi connectivity index (χ0n) is 16.6. The number of hydrogen-bond donors (Lipinski definition) is 1. The van der Waals surface area contributed by atoms with Gasteiger partial charge in [-0.2, -0.15) is 0 Å². The minimum absolute atomic E-state index is 0.424. The summed E-state index contributed by atoms with van der Waals surface area (Å²) in [4.78, 5) is 9.51. The Bertz CT molecular complexity index is 807. The number of hydrogen-bond acceptors (Lipinski definition) is 4. The quantitative estimate of drug-likeness (QED) is 0.676. The van der Waals surface area contributed by atoms with Gasteiger partial charge in [0.05, 0.1) is 11.9 Å². The third-order valence-electron chi connectivity index (χ3n) is 7.38. The fourth-order valence-corrected chi connectivity index (χ4v) is 6.60. The van der Waals surface area contributed by atoms with Gasteiger partial charge in [0, 0.05) is 17.9 Å². The lowest BCUT2D eigenvalue weighted by atomic mass is 9.63. The molecule has 28 heavy (non-hydrogen) atoms. The number of thioether (sulfide) groups is 1. The van der Waals surface area contributed by atoms with Gasteiger partial charge in [-0.3, -0.25) is 4.98 Å². The molecule has 0 radical (unpaired) electrons. The van der Waals surface area contributed by atoms with Crippen LogP contribution in [0, 0.1) is 11.3 Å². The monoisotopic (exact) mass is 393 g/mol. The Morgan fingerprint density at radius 1 is 1.04 bits per heavy atom. The van der Waals surface area contributed by atoms with Crippen LogP contribution in [0.25, 0.3) is 0 Å². The molecule has 148 valence electrons. The molecular weight excluding hydrogens is 362 g/mol. The molecular formula is C24H31N3S. The van der Waals surface area contributed by atoms with Crippen LogP contribution in [0.3, 0.4) is 0 Å². The second-order valence-electron chi connectivity index (χ2n) is 9.18. The van der Waals surface area contributed by atoms with E-state index < -0.39 is 0 Å². The lowest BCUT2D eigenvalue weighted by Gasteiger charge is -2.42. The molecule has 2 saturated carbocycles. The van der Waals surface area contributed by atoms with Gasteiger partial charge in [-0.15, -0.1) is 11.8 Å². The van der Waals surface area contributed by atoms with Gasteiger partial charge in [0.15, 0.2) is 0 Å². The summed E-state index contributed by atoms with van der Waals surface area (Å²) in [7, 11) is 0. The summed E-state index contributed by atoms with van der Waals surface area (Å²) in [6, 6.07) is 9.08. The third-order valence-corrected chi connectivity index (χ3v) is 8.52. The number of nitrogens with zero attached hydrogens (tertiary/aromatic N) is 2. The predicted octanol–water partition coefficient (Wildman–Crippen LogP) is 5.31. The molecule has 2 N–H and O–H groups in total. The zero-order chi connectivity index (χ0) is 19.0. The van der Waals surface area contributed by atoms with Crippen molar-refractivity contribution in [3.05, 3.63) is 53.5 Å². The van der Waals surface area contributed by atoms with Crippen LogP contribution in [0.4, 0.5) is 0 Å². The molecule has 1 aromatic heterocycles. The predicted molar refractivity (Wildman–Crippen MR) is 116 cm³/mol. The van der Waals surface area contributed by atoms with Gasteiger partial charge in [0.2, 0.25) is 0 Å². The van der Waals surface area contributed by atoms with Crippen LogP contribution in [0.1, 0.15) is 73.6 Å². The Morgan fingerprint density at radius 3 is 2.57 bits per heavy atom. The summed E-state index contributed by atoms with van der Waals surface area (Å²) in [5, 5.41) is 1.09. The van der Waals surface area contributed by atoms with E-state index >= 15 is 0 Å². The molecule has 3 aliphatic carbocycles. The maximum Gasteiger partial charge on any atom is 0.114 e. The molecule has 0 saturated heterocycles. The van der Waals surface area contributed by atoms with Crippen LogP contribution in [-0.2, 0) is 6.42 Å². The van der Waals surface area contributed by atoms with Crippen LogP contribution in [-0.4, -0.2) is 22.3 Å². The topological polar surface area (TPSA) is 51.8 Å². The van der Waals surface area contributed by atoms with Gasteiger partial charge in [-0.1, -0.05) is 24.3 Å². The highest BCUT2D eigenvalue weighted by Gasteiger charge is 2.47. The molecule has 1 spiro atoms.